The van der Waals surface area contributed by atoms with E-state index in [0.29, 0.717) is 17.7 Å². The lowest BCUT2D eigenvalue weighted by Gasteiger charge is -2.35. The monoisotopic (exact) mass is 331 g/mol. The lowest BCUT2D eigenvalue weighted by Crippen LogP contribution is -2.32. The van der Waals surface area contributed by atoms with Crippen LogP contribution in [0.15, 0.2) is 66.7 Å². The smallest absolute Gasteiger partial charge is 0.165 e. The Hall–Kier alpha value is -2.65. The molecule has 3 nitrogen and oxygen atoms in total. The molecule has 1 heterocycles. The topological polar surface area (TPSA) is 42.2 Å². The number of aliphatic hydroxyl groups is 1. The second-order valence-electron chi connectivity index (χ2n) is 7.36. The molecule has 0 fully saturated rings. The Labute approximate surface area is 147 Å². The van der Waals surface area contributed by atoms with Crippen LogP contribution >= 0.6 is 0 Å². The fourth-order valence-corrected chi connectivity index (χ4v) is 3.67. The lowest BCUT2D eigenvalue weighted by atomic mass is 9.74. The highest BCUT2D eigenvalue weighted by molar-refractivity contribution is 6.00. The van der Waals surface area contributed by atoms with E-state index >= 15 is 0 Å². The minimum Gasteiger partial charge on any atom is -0.386 e. The molecule has 1 aliphatic carbocycles. The van der Waals surface area contributed by atoms with Gasteiger partial charge in [-0.3, -0.25) is 4.79 Å². The number of aromatic nitrogens is 1. The van der Waals surface area contributed by atoms with Gasteiger partial charge in [0, 0.05) is 23.1 Å². The second kappa shape index (κ2) is 5.71. The minimum absolute atomic E-state index is 0.0946. The number of hydrogen-bond donors (Lipinski definition) is 1. The van der Waals surface area contributed by atoms with Crippen molar-refractivity contribution in [1.82, 2.24) is 4.57 Å². The van der Waals surface area contributed by atoms with Crippen molar-refractivity contribution < 1.29 is 9.90 Å². The van der Waals surface area contributed by atoms with Crippen LogP contribution in [0.4, 0.5) is 0 Å². The Morgan fingerprint density at radius 1 is 1.00 bits per heavy atom. The van der Waals surface area contributed by atoms with E-state index in [1.807, 2.05) is 85.1 Å². The van der Waals surface area contributed by atoms with Crippen LogP contribution in [0.2, 0.25) is 0 Å². The van der Waals surface area contributed by atoms with E-state index in [1.54, 1.807) is 0 Å². The summed E-state index contributed by atoms with van der Waals surface area (Å²) >= 11 is 0. The second-order valence-corrected chi connectivity index (χ2v) is 7.36. The van der Waals surface area contributed by atoms with Gasteiger partial charge in [0.2, 0.25) is 0 Å². The molecule has 0 saturated heterocycles. The first-order valence-corrected chi connectivity index (χ1v) is 8.57. The molecular weight excluding hydrogens is 310 g/mol. The molecule has 4 rings (SSSR count). The first-order chi connectivity index (χ1) is 12.0. The molecule has 1 aliphatic rings. The standard InChI is InChI=1S/C22H21NO2/c1-22(2)14-19(24)17-13-18(15-9-5-3-6-10-15)23(20(17)21(22)25)16-11-7-4-8-12-16/h3-13,21,25H,14H2,1-2H3. The molecule has 2 aromatic carbocycles. The molecule has 3 heteroatoms. The fraction of sp³-hybridized carbons (Fsp3) is 0.227. The van der Waals surface area contributed by atoms with Gasteiger partial charge in [0.25, 0.3) is 0 Å². The van der Waals surface area contributed by atoms with Gasteiger partial charge in [-0.25, -0.2) is 0 Å². The number of hydrogen-bond acceptors (Lipinski definition) is 2. The largest absolute Gasteiger partial charge is 0.386 e. The highest BCUT2D eigenvalue weighted by Crippen LogP contribution is 2.46. The molecular formula is C22H21NO2. The first-order valence-electron chi connectivity index (χ1n) is 8.57. The molecule has 3 aromatic rings. The number of Topliss-reactive ketones (excluding diaryl/α,β-unsaturated/α-hetero) is 1. The van der Waals surface area contributed by atoms with Gasteiger partial charge in [-0.05, 0) is 23.8 Å². The summed E-state index contributed by atoms with van der Waals surface area (Å²) in [5.41, 5.74) is 3.76. The van der Waals surface area contributed by atoms with Crippen molar-refractivity contribution in [3.8, 4) is 16.9 Å². The number of carbonyl (C=O) groups excluding carboxylic acids is 1. The van der Waals surface area contributed by atoms with E-state index in [0.717, 1.165) is 16.9 Å². The van der Waals surface area contributed by atoms with E-state index in [1.165, 1.54) is 0 Å². The first kappa shape index (κ1) is 15.9. The van der Waals surface area contributed by atoms with Crippen LogP contribution in [-0.4, -0.2) is 15.5 Å². The number of aliphatic hydroxyl groups excluding tert-OH is 1. The number of nitrogens with zero attached hydrogens (tertiary/aromatic N) is 1. The van der Waals surface area contributed by atoms with Gasteiger partial charge in [0.1, 0.15) is 6.10 Å². The summed E-state index contributed by atoms with van der Waals surface area (Å²) in [6.07, 6.45) is -0.341. The molecule has 126 valence electrons. The number of benzene rings is 2. The van der Waals surface area contributed by atoms with Crippen LogP contribution in [0.1, 0.15) is 42.4 Å². The maximum Gasteiger partial charge on any atom is 0.165 e. The Balaban J connectivity index is 2.05. The lowest BCUT2D eigenvalue weighted by molar-refractivity contribution is 0.0281. The van der Waals surface area contributed by atoms with Gasteiger partial charge < -0.3 is 9.67 Å². The van der Waals surface area contributed by atoms with E-state index in [4.69, 9.17) is 0 Å². The zero-order valence-electron chi connectivity index (χ0n) is 14.4. The zero-order valence-corrected chi connectivity index (χ0v) is 14.4. The molecule has 1 N–H and O–H groups in total. The average Bonchev–Trinajstić information content (AvgIpc) is 3.02. The Morgan fingerprint density at radius 3 is 2.24 bits per heavy atom. The van der Waals surface area contributed by atoms with Crippen molar-refractivity contribution in [1.29, 1.82) is 0 Å². The number of rotatable bonds is 2. The molecule has 1 unspecified atom stereocenters. The predicted octanol–water partition coefficient (Wildman–Crippen LogP) is 4.79. The Bertz CT molecular complexity index is 923. The number of fused-ring (bicyclic) bond motifs is 1. The van der Waals surface area contributed by atoms with Crippen LogP contribution in [-0.2, 0) is 0 Å². The van der Waals surface area contributed by atoms with E-state index in [-0.39, 0.29) is 5.78 Å². The molecule has 0 amide bonds. The Morgan fingerprint density at radius 2 is 1.60 bits per heavy atom. The predicted molar refractivity (Wildman–Crippen MR) is 98.9 cm³/mol. The van der Waals surface area contributed by atoms with Gasteiger partial charge >= 0.3 is 0 Å². The van der Waals surface area contributed by atoms with Gasteiger partial charge in [-0.15, -0.1) is 0 Å². The summed E-state index contributed by atoms with van der Waals surface area (Å²) in [6.45, 7) is 3.89. The van der Waals surface area contributed by atoms with Crippen molar-refractivity contribution >= 4 is 5.78 Å². The minimum atomic E-state index is -0.696. The SMILES string of the molecule is CC1(C)CC(=O)c2cc(-c3ccccc3)n(-c3ccccc3)c2C1O. The molecule has 1 atom stereocenters. The van der Waals surface area contributed by atoms with Crippen molar-refractivity contribution in [2.45, 2.75) is 26.4 Å². The Kier molecular flexibility index (Phi) is 3.62. The molecule has 0 spiro atoms. The van der Waals surface area contributed by atoms with Gasteiger partial charge in [-0.1, -0.05) is 62.4 Å². The zero-order chi connectivity index (χ0) is 17.6. The highest BCUT2D eigenvalue weighted by atomic mass is 16.3. The van der Waals surface area contributed by atoms with E-state index in [2.05, 4.69) is 0 Å². The summed E-state index contributed by atoms with van der Waals surface area (Å²) in [4.78, 5) is 12.8. The normalized spacial score (nSPS) is 18.8. The fourth-order valence-electron chi connectivity index (χ4n) is 3.67. The van der Waals surface area contributed by atoms with Crippen molar-refractivity contribution in [3.63, 3.8) is 0 Å². The van der Waals surface area contributed by atoms with Crippen LogP contribution in [0.5, 0.6) is 0 Å². The van der Waals surface area contributed by atoms with Crippen LogP contribution in [0.25, 0.3) is 16.9 Å². The van der Waals surface area contributed by atoms with Crippen LogP contribution in [0, 0.1) is 5.41 Å². The maximum atomic E-state index is 12.8. The van der Waals surface area contributed by atoms with Crippen LogP contribution in [0.3, 0.4) is 0 Å². The van der Waals surface area contributed by atoms with Gasteiger partial charge in [0.15, 0.2) is 5.78 Å². The highest BCUT2D eigenvalue weighted by Gasteiger charge is 2.42. The number of carbonyl (C=O) groups is 1. The summed E-state index contributed by atoms with van der Waals surface area (Å²) in [5.74, 6) is 0.0946. The third-order valence-electron chi connectivity index (χ3n) is 5.04. The third-order valence-corrected chi connectivity index (χ3v) is 5.04. The van der Waals surface area contributed by atoms with Crippen LogP contribution < -0.4 is 0 Å². The summed E-state index contributed by atoms with van der Waals surface area (Å²) < 4.78 is 2.04. The quantitative estimate of drug-likeness (QED) is 0.733. The van der Waals surface area contributed by atoms with Gasteiger partial charge in [0.05, 0.1) is 11.4 Å². The number of para-hydroxylation sites is 1. The maximum absolute atomic E-state index is 12.8. The molecule has 0 bridgehead atoms. The molecule has 0 saturated carbocycles. The summed E-state index contributed by atoms with van der Waals surface area (Å²) in [5, 5.41) is 11.0. The summed E-state index contributed by atoms with van der Waals surface area (Å²) in [7, 11) is 0. The van der Waals surface area contributed by atoms with E-state index < -0.39 is 11.5 Å². The third kappa shape index (κ3) is 2.52. The van der Waals surface area contributed by atoms with E-state index in [9.17, 15) is 9.90 Å². The molecule has 0 radical (unpaired) electrons. The number of ketones is 1. The van der Waals surface area contributed by atoms with Crippen molar-refractivity contribution in [2.24, 2.45) is 5.41 Å². The molecule has 25 heavy (non-hydrogen) atoms. The molecule has 0 aliphatic heterocycles. The van der Waals surface area contributed by atoms with Crippen molar-refractivity contribution in [2.75, 3.05) is 0 Å². The average molecular weight is 331 g/mol. The van der Waals surface area contributed by atoms with Gasteiger partial charge in [-0.2, -0.15) is 0 Å². The van der Waals surface area contributed by atoms with Crippen molar-refractivity contribution in [3.05, 3.63) is 78.0 Å². The molecule has 1 aromatic heterocycles. The summed E-state index contributed by atoms with van der Waals surface area (Å²) in [6, 6.07) is 21.9.